The molecule has 3 heteroatoms. The van der Waals surface area contributed by atoms with Gasteiger partial charge in [-0.25, -0.2) is 0 Å². The molecule has 0 saturated carbocycles. The van der Waals surface area contributed by atoms with Gasteiger partial charge in [-0.3, -0.25) is 0 Å². The van der Waals surface area contributed by atoms with Crippen LogP contribution in [-0.2, 0) is 10.3 Å². The molecule has 0 aliphatic carbocycles. The molecule has 0 bridgehead atoms. The number of ether oxygens (including phenoxy) is 1. The molecule has 1 saturated heterocycles. The highest BCUT2D eigenvalue weighted by atomic mass is 16.5. The summed E-state index contributed by atoms with van der Waals surface area (Å²) in [6.07, 6.45) is 2.01. The molecule has 3 rings (SSSR count). The Bertz CT molecular complexity index is 546. The Labute approximate surface area is 139 Å². The standard InChI is InChI=1S/C20H26N2O/c21-13-7-14-22-15-12-20(23-17-16-22,18-8-3-1-4-9-18)19-10-5-2-6-11-19/h1-6,8-11H,7,12-17,21H2. The molecular formula is C20H26N2O. The van der Waals surface area contributed by atoms with Crippen LogP contribution >= 0.6 is 0 Å². The first-order chi connectivity index (χ1) is 11.3. The van der Waals surface area contributed by atoms with Gasteiger partial charge >= 0.3 is 0 Å². The van der Waals surface area contributed by atoms with Crippen molar-refractivity contribution in [3.8, 4) is 0 Å². The predicted octanol–water partition coefficient (Wildman–Crippen LogP) is 3.00. The Kier molecular flexibility index (Phi) is 5.44. The van der Waals surface area contributed by atoms with E-state index in [2.05, 4.69) is 65.6 Å². The van der Waals surface area contributed by atoms with Crippen LogP contribution in [0.5, 0.6) is 0 Å². The maximum atomic E-state index is 6.50. The Hall–Kier alpha value is -1.68. The lowest BCUT2D eigenvalue weighted by Gasteiger charge is -2.34. The monoisotopic (exact) mass is 310 g/mol. The molecule has 2 N–H and O–H groups in total. The summed E-state index contributed by atoms with van der Waals surface area (Å²) in [5.74, 6) is 0. The van der Waals surface area contributed by atoms with E-state index in [-0.39, 0.29) is 5.60 Å². The average molecular weight is 310 g/mol. The maximum absolute atomic E-state index is 6.50. The lowest BCUT2D eigenvalue weighted by atomic mass is 9.83. The Morgan fingerprint density at radius 2 is 1.52 bits per heavy atom. The number of nitrogens with zero attached hydrogens (tertiary/aromatic N) is 1. The van der Waals surface area contributed by atoms with Crippen molar-refractivity contribution in [1.29, 1.82) is 0 Å². The maximum Gasteiger partial charge on any atom is 0.119 e. The summed E-state index contributed by atoms with van der Waals surface area (Å²) in [5, 5.41) is 0. The zero-order chi connectivity index (χ0) is 16.0. The second kappa shape index (κ2) is 7.73. The molecular weight excluding hydrogens is 284 g/mol. The van der Waals surface area contributed by atoms with E-state index in [0.717, 1.165) is 45.6 Å². The van der Waals surface area contributed by atoms with E-state index in [0.29, 0.717) is 0 Å². The minimum atomic E-state index is -0.347. The van der Waals surface area contributed by atoms with E-state index >= 15 is 0 Å². The highest BCUT2D eigenvalue weighted by Crippen LogP contribution is 2.38. The third-order valence-electron chi connectivity index (χ3n) is 4.69. The van der Waals surface area contributed by atoms with Crippen molar-refractivity contribution >= 4 is 0 Å². The van der Waals surface area contributed by atoms with Gasteiger partial charge in [-0.2, -0.15) is 0 Å². The molecule has 1 heterocycles. The normalized spacial score (nSPS) is 18.5. The summed E-state index contributed by atoms with van der Waals surface area (Å²) in [4.78, 5) is 2.47. The molecule has 0 atom stereocenters. The number of rotatable bonds is 5. The first-order valence-corrected chi connectivity index (χ1v) is 8.52. The van der Waals surface area contributed by atoms with E-state index in [9.17, 15) is 0 Å². The first-order valence-electron chi connectivity index (χ1n) is 8.52. The van der Waals surface area contributed by atoms with Gasteiger partial charge in [0.1, 0.15) is 5.60 Å². The SMILES string of the molecule is NCCCN1CCOC(c2ccccc2)(c2ccccc2)CC1. The quantitative estimate of drug-likeness (QED) is 0.922. The van der Waals surface area contributed by atoms with Crippen LogP contribution in [0.25, 0.3) is 0 Å². The zero-order valence-corrected chi connectivity index (χ0v) is 13.7. The number of benzene rings is 2. The minimum absolute atomic E-state index is 0.347. The number of hydrogen-bond donors (Lipinski definition) is 1. The minimum Gasteiger partial charge on any atom is -0.364 e. The third-order valence-corrected chi connectivity index (χ3v) is 4.69. The lowest BCUT2D eigenvalue weighted by molar-refractivity contribution is -0.0101. The fraction of sp³-hybridized carbons (Fsp3) is 0.400. The van der Waals surface area contributed by atoms with Crippen LogP contribution in [0.1, 0.15) is 24.0 Å². The van der Waals surface area contributed by atoms with Gasteiger partial charge in [-0.05, 0) is 37.1 Å². The average Bonchev–Trinajstić information content (AvgIpc) is 2.85. The fourth-order valence-electron chi connectivity index (χ4n) is 3.42. The van der Waals surface area contributed by atoms with E-state index < -0.39 is 0 Å². The van der Waals surface area contributed by atoms with Gasteiger partial charge in [-0.15, -0.1) is 0 Å². The first kappa shape index (κ1) is 16.2. The highest BCUT2D eigenvalue weighted by Gasteiger charge is 2.37. The molecule has 23 heavy (non-hydrogen) atoms. The smallest absolute Gasteiger partial charge is 0.119 e. The molecule has 2 aromatic carbocycles. The zero-order valence-electron chi connectivity index (χ0n) is 13.7. The van der Waals surface area contributed by atoms with Crippen LogP contribution < -0.4 is 5.73 Å². The third kappa shape index (κ3) is 3.63. The Morgan fingerprint density at radius 1 is 0.913 bits per heavy atom. The largest absolute Gasteiger partial charge is 0.364 e. The molecule has 3 nitrogen and oxygen atoms in total. The number of nitrogens with two attached hydrogens (primary N) is 1. The van der Waals surface area contributed by atoms with E-state index in [4.69, 9.17) is 10.5 Å². The summed E-state index contributed by atoms with van der Waals surface area (Å²) >= 11 is 0. The van der Waals surface area contributed by atoms with Crippen molar-refractivity contribution in [2.24, 2.45) is 5.73 Å². The van der Waals surface area contributed by atoms with Crippen LogP contribution in [0.2, 0.25) is 0 Å². The van der Waals surface area contributed by atoms with Crippen molar-refractivity contribution < 1.29 is 4.74 Å². The summed E-state index contributed by atoms with van der Waals surface area (Å²) < 4.78 is 6.50. The molecule has 0 amide bonds. The van der Waals surface area contributed by atoms with Crippen molar-refractivity contribution in [3.05, 3.63) is 71.8 Å². The molecule has 0 radical (unpaired) electrons. The predicted molar refractivity (Wildman–Crippen MR) is 94.3 cm³/mol. The molecule has 0 unspecified atom stereocenters. The van der Waals surface area contributed by atoms with Crippen LogP contribution in [0.3, 0.4) is 0 Å². The van der Waals surface area contributed by atoms with Gasteiger partial charge in [0.15, 0.2) is 0 Å². The van der Waals surface area contributed by atoms with Crippen molar-refractivity contribution in [3.63, 3.8) is 0 Å². The fourth-order valence-corrected chi connectivity index (χ4v) is 3.42. The lowest BCUT2D eigenvalue weighted by Crippen LogP contribution is -2.32. The van der Waals surface area contributed by atoms with Crippen LogP contribution in [0.15, 0.2) is 60.7 Å². The van der Waals surface area contributed by atoms with Gasteiger partial charge in [0.05, 0.1) is 6.61 Å². The molecule has 1 fully saturated rings. The van der Waals surface area contributed by atoms with Gasteiger partial charge in [0.2, 0.25) is 0 Å². The molecule has 1 aliphatic heterocycles. The van der Waals surface area contributed by atoms with E-state index in [1.807, 2.05) is 0 Å². The summed E-state index contributed by atoms with van der Waals surface area (Å²) in [7, 11) is 0. The topological polar surface area (TPSA) is 38.5 Å². The molecule has 0 spiro atoms. The van der Waals surface area contributed by atoms with Crippen molar-refractivity contribution in [1.82, 2.24) is 4.90 Å². The van der Waals surface area contributed by atoms with Gasteiger partial charge in [-0.1, -0.05) is 60.7 Å². The van der Waals surface area contributed by atoms with Gasteiger partial charge in [0, 0.05) is 13.1 Å². The van der Waals surface area contributed by atoms with E-state index in [1.54, 1.807) is 0 Å². The van der Waals surface area contributed by atoms with E-state index in [1.165, 1.54) is 11.1 Å². The molecule has 122 valence electrons. The van der Waals surface area contributed by atoms with Gasteiger partial charge in [0.25, 0.3) is 0 Å². The Balaban J connectivity index is 1.91. The summed E-state index contributed by atoms with van der Waals surface area (Å²) in [6, 6.07) is 21.2. The second-order valence-corrected chi connectivity index (χ2v) is 6.14. The van der Waals surface area contributed by atoms with Crippen LogP contribution in [0, 0.1) is 0 Å². The molecule has 2 aromatic rings. The highest BCUT2D eigenvalue weighted by molar-refractivity contribution is 5.36. The van der Waals surface area contributed by atoms with Crippen molar-refractivity contribution in [2.45, 2.75) is 18.4 Å². The summed E-state index contributed by atoms with van der Waals surface area (Å²) in [5.41, 5.74) is 7.80. The molecule has 0 aromatic heterocycles. The van der Waals surface area contributed by atoms with Crippen molar-refractivity contribution in [2.75, 3.05) is 32.8 Å². The summed E-state index contributed by atoms with van der Waals surface area (Å²) in [6.45, 7) is 4.55. The van der Waals surface area contributed by atoms with Crippen LogP contribution in [0.4, 0.5) is 0 Å². The molecule has 1 aliphatic rings. The number of hydrogen-bond acceptors (Lipinski definition) is 3. The second-order valence-electron chi connectivity index (χ2n) is 6.14. The Morgan fingerprint density at radius 3 is 2.09 bits per heavy atom. The van der Waals surface area contributed by atoms with Crippen LogP contribution in [-0.4, -0.2) is 37.7 Å². The van der Waals surface area contributed by atoms with Gasteiger partial charge < -0.3 is 15.4 Å².